The lowest BCUT2D eigenvalue weighted by molar-refractivity contribution is -0.167. The van der Waals surface area contributed by atoms with Gasteiger partial charge in [-0.3, -0.25) is 0 Å². The van der Waals surface area contributed by atoms with Gasteiger partial charge in [-0.2, -0.15) is 0 Å². The predicted octanol–water partition coefficient (Wildman–Crippen LogP) is 3.58. The van der Waals surface area contributed by atoms with Crippen LogP contribution in [0.5, 0.6) is 0 Å². The van der Waals surface area contributed by atoms with Gasteiger partial charge in [0.1, 0.15) is 23.4 Å². The van der Waals surface area contributed by atoms with Crippen LogP contribution in [0.25, 0.3) is 0 Å². The van der Waals surface area contributed by atoms with Crippen molar-refractivity contribution >= 4 is 0 Å². The molecule has 4 nitrogen and oxygen atoms in total. The van der Waals surface area contributed by atoms with Crippen LogP contribution in [0.4, 0.5) is 0 Å². The van der Waals surface area contributed by atoms with Crippen LogP contribution >= 0.6 is 0 Å². The van der Waals surface area contributed by atoms with E-state index in [2.05, 4.69) is 0 Å². The van der Waals surface area contributed by atoms with Crippen LogP contribution in [0, 0.1) is 0 Å². The molecule has 0 spiro atoms. The van der Waals surface area contributed by atoms with E-state index in [0.717, 1.165) is 0 Å². The summed E-state index contributed by atoms with van der Waals surface area (Å²) < 4.78 is 0. The summed E-state index contributed by atoms with van der Waals surface area (Å²) in [6.07, 6.45) is -3.53. The lowest BCUT2D eigenvalue weighted by Crippen LogP contribution is -2.56. The molecule has 4 rings (SSSR count). The van der Waals surface area contributed by atoms with Gasteiger partial charge in [0.05, 0.1) is 0 Å². The van der Waals surface area contributed by atoms with E-state index in [-0.39, 0.29) is 0 Å². The molecule has 162 valence electrons. The third kappa shape index (κ3) is 3.74. The number of aliphatic hydroxyl groups is 4. The first-order valence-corrected chi connectivity index (χ1v) is 10.5. The van der Waals surface area contributed by atoms with Crippen molar-refractivity contribution in [3.63, 3.8) is 0 Å². The van der Waals surface area contributed by atoms with Crippen molar-refractivity contribution in [2.75, 3.05) is 0 Å². The van der Waals surface area contributed by atoms with Gasteiger partial charge >= 0.3 is 0 Å². The Bertz CT molecular complexity index is 943. The fourth-order valence-corrected chi connectivity index (χ4v) is 4.24. The molecule has 0 aliphatic rings. The summed E-state index contributed by atoms with van der Waals surface area (Å²) >= 11 is 0. The third-order valence-electron chi connectivity index (χ3n) is 6.01. The average molecular weight is 427 g/mol. The highest BCUT2D eigenvalue weighted by Crippen LogP contribution is 2.41. The highest BCUT2D eigenvalue weighted by Gasteiger charge is 2.51. The van der Waals surface area contributed by atoms with Crippen LogP contribution in [-0.2, 0) is 11.2 Å². The molecule has 0 saturated carbocycles. The average Bonchev–Trinajstić information content (AvgIpc) is 2.89. The summed E-state index contributed by atoms with van der Waals surface area (Å²) in [6, 6.07) is 34.8. The van der Waals surface area contributed by atoms with Crippen molar-refractivity contribution in [2.45, 2.75) is 23.4 Å². The van der Waals surface area contributed by atoms with Gasteiger partial charge in [-0.05, 0) is 22.3 Å². The fraction of sp³-hybridized carbons (Fsp3) is 0.143. The molecular weight excluding hydrogens is 400 g/mol. The zero-order valence-corrected chi connectivity index (χ0v) is 17.5. The zero-order valence-electron chi connectivity index (χ0n) is 17.5. The molecule has 0 unspecified atom stereocenters. The van der Waals surface area contributed by atoms with Gasteiger partial charge in [-0.25, -0.2) is 0 Å². The molecule has 0 amide bonds. The zero-order chi connectivity index (χ0) is 22.6. The first-order chi connectivity index (χ1) is 15.5. The maximum atomic E-state index is 11.9. The summed E-state index contributed by atoms with van der Waals surface area (Å²) in [5.74, 6) is 0. The lowest BCUT2D eigenvalue weighted by atomic mass is 9.72. The Labute approximate surface area is 187 Å². The molecule has 4 aromatic carbocycles. The van der Waals surface area contributed by atoms with Crippen molar-refractivity contribution in [2.24, 2.45) is 0 Å². The van der Waals surface area contributed by atoms with E-state index < -0.39 is 23.4 Å². The van der Waals surface area contributed by atoms with Crippen molar-refractivity contribution < 1.29 is 20.4 Å². The first kappa shape index (κ1) is 21.9. The van der Waals surface area contributed by atoms with Crippen molar-refractivity contribution in [3.05, 3.63) is 144 Å². The van der Waals surface area contributed by atoms with E-state index in [4.69, 9.17) is 0 Å². The van der Waals surface area contributed by atoms with Gasteiger partial charge in [0.2, 0.25) is 0 Å². The fourth-order valence-electron chi connectivity index (χ4n) is 4.24. The van der Waals surface area contributed by atoms with Crippen LogP contribution in [-0.4, -0.2) is 32.6 Å². The summed E-state index contributed by atoms with van der Waals surface area (Å²) in [6.45, 7) is 0. The number of hydrogen-bond acceptors (Lipinski definition) is 4. The minimum atomic E-state index is -1.97. The Kier molecular flexibility index (Phi) is 6.21. The van der Waals surface area contributed by atoms with Crippen molar-refractivity contribution in [1.82, 2.24) is 0 Å². The van der Waals surface area contributed by atoms with E-state index in [0.29, 0.717) is 22.3 Å². The second-order valence-electron chi connectivity index (χ2n) is 7.89. The van der Waals surface area contributed by atoms with E-state index in [1.54, 1.807) is 97.1 Å². The van der Waals surface area contributed by atoms with Gasteiger partial charge in [0, 0.05) is 0 Å². The number of rotatable bonds is 7. The Morgan fingerprint density at radius 3 is 0.750 bits per heavy atom. The van der Waals surface area contributed by atoms with Crippen LogP contribution < -0.4 is 0 Å². The Balaban J connectivity index is 1.89. The second-order valence-corrected chi connectivity index (χ2v) is 7.89. The molecule has 0 aliphatic heterocycles. The van der Waals surface area contributed by atoms with Gasteiger partial charge in [0.15, 0.2) is 0 Å². The highest BCUT2D eigenvalue weighted by atomic mass is 16.4. The molecule has 4 heteroatoms. The molecule has 0 aromatic heterocycles. The smallest absolute Gasteiger partial charge is 0.143 e. The normalized spacial score (nSPS) is 14.0. The first-order valence-electron chi connectivity index (χ1n) is 10.5. The molecule has 4 N–H and O–H groups in total. The van der Waals surface area contributed by atoms with Gasteiger partial charge in [0.25, 0.3) is 0 Å². The van der Waals surface area contributed by atoms with Crippen LogP contribution in [0.1, 0.15) is 22.3 Å². The number of hydrogen-bond donors (Lipinski definition) is 4. The van der Waals surface area contributed by atoms with Crippen LogP contribution in [0.15, 0.2) is 121 Å². The summed E-state index contributed by atoms with van der Waals surface area (Å²) in [5, 5.41) is 46.9. The maximum Gasteiger partial charge on any atom is 0.143 e. The Hall–Kier alpha value is -3.28. The monoisotopic (exact) mass is 426 g/mol. The molecule has 0 fully saturated rings. The summed E-state index contributed by atoms with van der Waals surface area (Å²) in [5.41, 5.74) is -2.33. The lowest BCUT2D eigenvalue weighted by Gasteiger charge is -2.43. The quantitative estimate of drug-likeness (QED) is 0.364. The number of aliphatic hydroxyl groups excluding tert-OH is 2. The van der Waals surface area contributed by atoms with E-state index >= 15 is 0 Å². The molecule has 0 radical (unpaired) electrons. The maximum absolute atomic E-state index is 11.9. The standard InChI is InChI=1S/C28H26O4/c29-25(27(31,21-13-5-1-6-14-21)22-15-7-2-8-16-22)26(30)28(32,23-17-9-3-10-18-23)24-19-11-4-12-20-24/h1-20,25-26,29-32H/t25-,26-/m1/s1. The third-order valence-corrected chi connectivity index (χ3v) is 6.01. The van der Waals surface area contributed by atoms with Gasteiger partial charge in [-0.15, -0.1) is 0 Å². The van der Waals surface area contributed by atoms with E-state index in [1.807, 2.05) is 24.3 Å². The largest absolute Gasteiger partial charge is 0.387 e. The molecule has 0 heterocycles. The van der Waals surface area contributed by atoms with Crippen molar-refractivity contribution in [3.8, 4) is 0 Å². The Morgan fingerprint density at radius 1 is 0.375 bits per heavy atom. The highest BCUT2D eigenvalue weighted by molar-refractivity contribution is 5.42. The van der Waals surface area contributed by atoms with Crippen LogP contribution in [0.3, 0.4) is 0 Å². The molecule has 0 aliphatic carbocycles. The van der Waals surface area contributed by atoms with Gasteiger partial charge < -0.3 is 20.4 Å². The van der Waals surface area contributed by atoms with Crippen molar-refractivity contribution in [1.29, 1.82) is 0 Å². The molecular formula is C28H26O4. The molecule has 0 bridgehead atoms. The van der Waals surface area contributed by atoms with E-state index in [1.165, 1.54) is 0 Å². The SMILES string of the molecule is O[C@H]([C@@H](O)C(O)(c1ccccc1)c1ccccc1)C(O)(c1ccccc1)c1ccccc1. The minimum absolute atomic E-state index is 0.404. The minimum Gasteiger partial charge on any atom is -0.387 e. The summed E-state index contributed by atoms with van der Waals surface area (Å²) in [7, 11) is 0. The Morgan fingerprint density at radius 2 is 0.562 bits per heavy atom. The van der Waals surface area contributed by atoms with Gasteiger partial charge in [-0.1, -0.05) is 121 Å². The molecule has 0 saturated heterocycles. The molecule has 4 aromatic rings. The molecule has 2 atom stereocenters. The van der Waals surface area contributed by atoms with Crippen LogP contribution in [0.2, 0.25) is 0 Å². The topological polar surface area (TPSA) is 80.9 Å². The van der Waals surface area contributed by atoms with E-state index in [9.17, 15) is 20.4 Å². The predicted molar refractivity (Wildman–Crippen MR) is 124 cm³/mol. The molecule has 32 heavy (non-hydrogen) atoms. The second kappa shape index (κ2) is 9.07. The summed E-state index contributed by atoms with van der Waals surface area (Å²) in [4.78, 5) is 0. The number of benzene rings is 4.